The first-order valence-corrected chi connectivity index (χ1v) is 7.71. The first-order chi connectivity index (χ1) is 10.1. The van der Waals surface area contributed by atoms with Crippen LogP contribution in [0.25, 0.3) is 0 Å². The first-order valence-electron chi connectivity index (χ1n) is 7.71. The standard InChI is InChI=1S/C17H26N2O2/c1-13(18-15-8-11-17(20)19(2)12-15)4-5-14-6-9-16(21-3)10-7-14/h6-7,9-10,13,15,18H,4-5,8,11-12H2,1-3H3. The van der Waals surface area contributed by atoms with Gasteiger partial charge in [-0.3, -0.25) is 4.79 Å². The quantitative estimate of drug-likeness (QED) is 0.873. The largest absolute Gasteiger partial charge is 0.497 e. The maximum atomic E-state index is 11.5. The van der Waals surface area contributed by atoms with Crippen LogP contribution in [0.5, 0.6) is 5.75 Å². The van der Waals surface area contributed by atoms with E-state index in [1.54, 1.807) is 7.11 Å². The fraction of sp³-hybridized carbons (Fsp3) is 0.588. The number of methoxy groups -OCH3 is 1. The van der Waals surface area contributed by atoms with Gasteiger partial charge in [-0.05, 0) is 43.9 Å². The lowest BCUT2D eigenvalue weighted by Crippen LogP contribution is -2.49. The van der Waals surface area contributed by atoms with Crippen LogP contribution in [0.1, 0.15) is 31.7 Å². The van der Waals surface area contributed by atoms with Crippen LogP contribution < -0.4 is 10.1 Å². The lowest BCUT2D eigenvalue weighted by atomic mass is 10.0. The number of likely N-dealkylation sites (tertiary alicyclic amines) is 1. The summed E-state index contributed by atoms with van der Waals surface area (Å²) in [6.07, 6.45) is 3.77. The van der Waals surface area contributed by atoms with Crippen molar-refractivity contribution in [3.8, 4) is 5.75 Å². The molecule has 0 aliphatic carbocycles. The first kappa shape index (κ1) is 15.8. The highest BCUT2D eigenvalue weighted by Crippen LogP contribution is 2.14. The molecule has 0 radical (unpaired) electrons. The highest BCUT2D eigenvalue weighted by atomic mass is 16.5. The minimum Gasteiger partial charge on any atom is -0.497 e. The van der Waals surface area contributed by atoms with Gasteiger partial charge in [-0.15, -0.1) is 0 Å². The third-order valence-electron chi connectivity index (χ3n) is 4.17. The molecule has 1 aromatic rings. The van der Waals surface area contributed by atoms with E-state index in [1.165, 1.54) is 5.56 Å². The molecule has 4 heteroatoms. The Morgan fingerprint density at radius 2 is 2.10 bits per heavy atom. The van der Waals surface area contributed by atoms with E-state index in [2.05, 4.69) is 24.4 Å². The normalized spacial score (nSPS) is 20.4. The van der Waals surface area contributed by atoms with Gasteiger partial charge in [0.05, 0.1) is 7.11 Å². The SMILES string of the molecule is COc1ccc(CCC(C)NC2CCC(=O)N(C)C2)cc1. The monoisotopic (exact) mass is 290 g/mol. The number of hydrogen-bond donors (Lipinski definition) is 1. The molecule has 0 spiro atoms. The zero-order valence-corrected chi connectivity index (χ0v) is 13.3. The molecular weight excluding hydrogens is 264 g/mol. The molecule has 1 N–H and O–H groups in total. The molecule has 4 nitrogen and oxygen atoms in total. The van der Waals surface area contributed by atoms with Gasteiger partial charge in [0.25, 0.3) is 0 Å². The molecule has 116 valence electrons. The number of benzene rings is 1. The number of likely N-dealkylation sites (N-methyl/N-ethyl adjacent to an activating group) is 1. The van der Waals surface area contributed by atoms with Crippen LogP contribution in [0.15, 0.2) is 24.3 Å². The van der Waals surface area contributed by atoms with Gasteiger partial charge in [-0.25, -0.2) is 0 Å². The molecule has 2 rings (SSSR count). The number of aryl methyl sites for hydroxylation is 1. The van der Waals surface area contributed by atoms with E-state index in [-0.39, 0.29) is 5.91 Å². The zero-order valence-electron chi connectivity index (χ0n) is 13.3. The predicted octanol–water partition coefficient (Wildman–Crippen LogP) is 2.23. The van der Waals surface area contributed by atoms with Crippen molar-refractivity contribution in [2.45, 2.75) is 44.7 Å². The number of hydrogen-bond acceptors (Lipinski definition) is 3. The summed E-state index contributed by atoms with van der Waals surface area (Å²) in [6, 6.07) is 9.15. The smallest absolute Gasteiger partial charge is 0.222 e. The van der Waals surface area contributed by atoms with E-state index in [0.717, 1.165) is 31.6 Å². The van der Waals surface area contributed by atoms with Crippen LogP contribution in [0.4, 0.5) is 0 Å². The van der Waals surface area contributed by atoms with Crippen molar-refractivity contribution in [2.75, 3.05) is 20.7 Å². The third kappa shape index (κ3) is 4.74. The van der Waals surface area contributed by atoms with Crippen molar-refractivity contribution in [1.82, 2.24) is 10.2 Å². The van der Waals surface area contributed by atoms with E-state index in [0.29, 0.717) is 18.5 Å². The van der Waals surface area contributed by atoms with Crippen molar-refractivity contribution in [3.05, 3.63) is 29.8 Å². The van der Waals surface area contributed by atoms with Crippen LogP contribution in [0, 0.1) is 0 Å². The fourth-order valence-corrected chi connectivity index (χ4v) is 2.81. The second kappa shape index (κ2) is 7.46. The van der Waals surface area contributed by atoms with Crippen molar-refractivity contribution >= 4 is 5.91 Å². The molecule has 1 aliphatic rings. The Morgan fingerprint density at radius 3 is 2.71 bits per heavy atom. The predicted molar refractivity (Wildman–Crippen MR) is 84.6 cm³/mol. The van der Waals surface area contributed by atoms with Crippen LogP contribution in [-0.4, -0.2) is 43.6 Å². The van der Waals surface area contributed by atoms with E-state index >= 15 is 0 Å². The second-order valence-corrected chi connectivity index (χ2v) is 5.96. The van der Waals surface area contributed by atoms with Crippen LogP contribution in [0.3, 0.4) is 0 Å². The second-order valence-electron chi connectivity index (χ2n) is 5.96. The van der Waals surface area contributed by atoms with E-state index in [9.17, 15) is 4.79 Å². The van der Waals surface area contributed by atoms with Gasteiger partial charge < -0.3 is 15.0 Å². The lowest BCUT2D eigenvalue weighted by molar-refractivity contribution is -0.132. The highest BCUT2D eigenvalue weighted by molar-refractivity contribution is 5.76. The molecule has 0 saturated carbocycles. The topological polar surface area (TPSA) is 41.6 Å². The molecular formula is C17H26N2O2. The molecule has 0 bridgehead atoms. The van der Waals surface area contributed by atoms with Gasteiger partial charge in [-0.2, -0.15) is 0 Å². The number of piperidine rings is 1. The summed E-state index contributed by atoms with van der Waals surface area (Å²) in [7, 11) is 3.57. The maximum absolute atomic E-state index is 11.5. The Morgan fingerprint density at radius 1 is 1.38 bits per heavy atom. The molecule has 1 fully saturated rings. The minimum absolute atomic E-state index is 0.263. The Hall–Kier alpha value is -1.55. The number of rotatable bonds is 6. The van der Waals surface area contributed by atoms with Crippen molar-refractivity contribution in [1.29, 1.82) is 0 Å². The average molecular weight is 290 g/mol. The van der Waals surface area contributed by atoms with Crippen molar-refractivity contribution < 1.29 is 9.53 Å². The van der Waals surface area contributed by atoms with Gasteiger partial charge in [0.2, 0.25) is 5.91 Å². The van der Waals surface area contributed by atoms with E-state index < -0.39 is 0 Å². The number of nitrogens with one attached hydrogen (secondary N) is 1. The summed E-state index contributed by atoms with van der Waals surface area (Å²) in [5, 5.41) is 3.64. The van der Waals surface area contributed by atoms with Crippen LogP contribution >= 0.6 is 0 Å². The summed E-state index contributed by atoms with van der Waals surface area (Å²) in [4.78, 5) is 13.3. The summed E-state index contributed by atoms with van der Waals surface area (Å²) >= 11 is 0. The number of nitrogens with zero attached hydrogens (tertiary/aromatic N) is 1. The van der Waals surface area contributed by atoms with Gasteiger partial charge in [0, 0.05) is 32.1 Å². The minimum atomic E-state index is 0.263. The number of amides is 1. The molecule has 2 atom stereocenters. The number of ether oxygens (including phenoxy) is 1. The molecule has 21 heavy (non-hydrogen) atoms. The van der Waals surface area contributed by atoms with Crippen LogP contribution in [0.2, 0.25) is 0 Å². The van der Waals surface area contributed by atoms with E-state index in [4.69, 9.17) is 4.74 Å². The molecule has 0 aromatic heterocycles. The summed E-state index contributed by atoms with van der Waals surface area (Å²) < 4.78 is 5.17. The zero-order chi connectivity index (χ0) is 15.2. The molecule has 1 amide bonds. The summed E-state index contributed by atoms with van der Waals surface area (Å²) in [5.41, 5.74) is 1.33. The van der Waals surface area contributed by atoms with Gasteiger partial charge >= 0.3 is 0 Å². The molecule has 1 aromatic carbocycles. The average Bonchev–Trinajstić information content (AvgIpc) is 2.49. The number of carbonyl (C=O) groups is 1. The third-order valence-corrected chi connectivity index (χ3v) is 4.17. The summed E-state index contributed by atoms with van der Waals surface area (Å²) in [6.45, 7) is 3.05. The van der Waals surface area contributed by atoms with Crippen LogP contribution in [-0.2, 0) is 11.2 Å². The Labute approximate surface area is 127 Å². The van der Waals surface area contributed by atoms with E-state index in [1.807, 2.05) is 24.1 Å². The molecule has 1 aliphatic heterocycles. The fourth-order valence-electron chi connectivity index (χ4n) is 2.81. The molecule has 1 heterocycles. The molecule has 2 unspecified atom stereocenters. The summed E-state index contributed by atoms with van der Waals surface area (Å²) in [5.74, 6) is 1.17. The molecule has 1 saturated heterocycles. The lowest BCUT2D eigenvalue weighted by Gasteiger charge is -2.32. The maximum Gasteiger partial charge on any atom is 0.222 e. The van der Waals surface area contributed by atoms with Gasteiger partial charge in [0.1, 0.15) is 5.75 Å². The van der Waals surface area contributed by atoms with Gasteiger partial charge in [0.15, 0.2) is 0 Å². The van der Waals surface area contributed by atoms with Crippen molar-refractivity contribution in [2.24, 2.45) is 0 Å². The Kier molecular flexibility index (Phi) is 5.62. The van der Waals surface area contributed by atoms with Crippen molar-refractivity contribution in [3.63, 3.8) is 0 Å². The van der Waals surface area contributed by atoms with Gasteiger partial charge in [-0.1, -0.05) is 12.1 Å². The Balaban J connectivity index is 1.74. The highest BCUT2D eigenvalue weighted by Gasteiger charge is 2.23. The number of carbonyl (C=O) groups excluding carboxylic acids is 1. The Bertz CT molecular complexity index is 458.